The zero-order chi connectivity index (χ0) is 19.3. The van der Waals surface area contributed by atoms with Crippen molar-refractivity contribution in [1.29, 1.82) is 0 Å². The molecule has 2 aromatic carbocycles. The topological polar surface area (TPSA) is 60.0 Å². The van der Waals surface area contributed by atoms with Gasteiger partial charge in [-0.15, -0.1) is 0 Å². The minimum absolute atomic E-state index is 0.153. The van der Waals surface area contributed by atoms with Gasteiger partial charge in [-0.3, -0.25) is 0 Å². The third-order valence-corrected chi connectivity index (χ3v) is 5.20. The molecule has 1 heterocycles. The lowest BCUT2D eigenvalue weighted by Crippen LogP contribution is -2.47. The van der Waals surface area contributed by atoms with E-state index in [1.807, 2.05) is 18.2 Å². The predicted octanol–water partition coefficient (Wildman–Crippen LogP) is 3.87. The highest BCUT2D eigenvalue weighted by atomic mass is 16.5. The summed E-state index contributed by atoms with van der Waals surface area (Å²) in [6.07, 6.45) is 1.49. The summed E-state index contributed by atoms with van der Waals surface area (Å²) in [5, 5.41) is 2.93. The third kappa shape index (κ3) is 4.01. The molecule has 1 saturated heterocycles. The molecule has 3 rings (SSSR count). The van der Waals surface area contributed by atoms with Gasteiger partial charge in [-0.1, -0.05) is 30.3 Å². The molecule has 1 fully saturated rings. The molecule has 1 aliphatic rings. The second-order valence-electron chi connectivity index (χ2n) is 6.55. The number of methoxy groups -OCH3 is 3. The summed E-state index contributed by atoms with van der Waals surface area (Å²) in [5.41, 5.74) is 1.40. The van der Waals surface area contributed by atoms with Crippen LogP contribution in [0, 0.1) is 0 Å². The van der Waals surface area contributed by atoms with Gasteiger partial charge in [-0.05, 0) is 30.5 Å². The molecular weight excluding hydrogens is 344 g/mol. The number of rotatable bonds is 5. The van der Waals surface area contributed by atoms with Gasteiger partial charge in [0.1, 0.15) is 11.5 Å². The zero-order valence-corrected chi connectivity index (χ0v) is 16.0. The van der Waals surface area contributed by atoms with Gasteiger partial charge < -0.3 is 24.4 Å². The summed E-state index contributed by atoms with van der Waals surface area (Å²) in [7, 11) is 4.90. The highest BCUT2D eigenvalue weighted by Crippen LogP contribution is 2.36. The van der Waals surface area contributed by atoms with Crippen molar-refractivity contribution >= 4 is 11.7 Å². The summed E-state index contributed by atoms with van der Waals surface area (Å²) in [6, 6.07) is 15.4. The van der Waals surface area contributed by atoms with Crippen LogP contribution in [-0.2, 0) is 10.3 Å². The van der Waals surface area contributed by atoms with E-state index in [4.69, 9.17) is 14.2 Å². The van der Waals surface area contributed by atoms with Crippen molar-refractivity contribution in [1.82, 2.24) is 4.90 Å². The average molecular weight is 370 g/mol. The molecule has 0 spiro atoms. The third-order valence-electron chi connectivity index (χ3n) is 5.20. The number of ether oxygens (including phenoxy) is 3. The Balaban J connectivity index is 1.68. The van der Waals surface area contributed by atoms with Crippen molar-refractivity contribution in [3.05, 3.63) is 54.1 Å². The van der Waals surface area contributed by atoms with Crippen molar-refractivity contribution < 1.29 is 19.0 Å². The van der Waals surface area contributed by atoms with E-state index in [0.29, 0.717) is 30.3 Å². The Morgan fingerprint density at radius 2 is 1.70 bits per heavy atom. The van der Waals surface area contributed by atoms with Crippen LogP contribution >= 0.6 is 0 Å². The van der Waals surface area contributed by atoms with E-state index in [1.165, 1.54) is 0 Å². The molecule has 0 aromatic heterocycles. The fourth-order valence-corrected chi connectivity index (χ4v) is 3.53. The Hall–Kier alpha value is -2.73. The van der Waals surface area contributed by atoms with Crippen LogP contribution in [0.15, 0.2) is 48.5 Å². The van der Waals surface area contributed by atoms with E-state index >= 15 is 0 Å². The number of nitrogens with one attached hydrogen (secondary N) is 1. The standard InChI is InChI=1S/C21H26N2O4/c1-25-17-9-10-19(26-2)18(15-17)22-20(24)23-13-11-21(27-3,12-14-23)16-7-5-4-6-8-16/h4-10,15H,11-14H2,1-3H3,(H,22,24). The van der Waals surface area contributed by atoms with Crippen molar-refractivity contribution in [3.8, 4) is 11.5 Å². The molecule has 6 nitrogen and oxygen atoms in total. The summed E-state index contributed by atoms with van der Waals surface area (Å²) in [5.74, 6) is 1.25. The van der Waals surface area contributed by atoms with Crippen LogP contribution in [0.25, 0.3) is 0 Å². The highest BCUT2D eigenvalue weighted by molar-refractivity contribution is 5.91. The van der Waals surface area contributed by atoms with E-state index in [-0.39, 0.29) is 11.6 Å². The number of hydrogen-bond donors (Lipinski definition) is 1. The zero-order valence-electron chi connectivity index (χ0n) is 16.0. The number of nitrogens with zero attached hydrogens (tertiary/aromatic N) is 1. The maximum absolute atomic E-state index is 12.7. The molecule has 2 amide bonds. The van der Waals surface area contributed by atoms with Gasteiger partial charge in [0.05, 0.1) is 25.5 Å². The molecule has 0 bridgehead atoms. The first-order valence-corrected chi connectivity index (χ1v) is 9.00. The van der Waals surface area contributed by atoms with E-state index in [9.17, 15) is 4.79 Å². The Kier molecular flexibility index (Phi) is 5.86. The Labute approximate surface area is 160 Å². The Morgan fingerprint density at radius 1 is 1.00 bits per heavy atom. The molecule has 1 aliphatic heterocycles. The second-order valence-corrected chi connectivity index (χ2v) is 6.55. The van der Waals surface area contributed by atoms with E-state index < -0.39 is 0 Å². The van der Waals surface area contributed by atoms with Crippen LogP contribution in [0.2, 0.25) is 0 Å². The fraction of sp³-hybridized carbons (Fsp3) is 0.381. The molecule has 0 aliphatic carbocycles. The van der Waals surface area contributed by atoms with Gasteiger partial charge in [-0.25, -0.2) is 4.79 Å². The maximum Gasteiger partial charge on any atom is 0.321 e. The average Bonchev–Trinajstić information content (AvgIpc) is 2.74. The quantitative estimate of drug-likeness (QED) is 0.868. The van der Waals surface area contributed by atoms with Gasteiger partial charge in [0.2, 0.25) is 0 Å². The molecule has 27 heavy (non-hydrogen) atoms. The largest absolute Gasteiger partial charge is 0.497 e. The van der Waals surface area contributed by atoms with Crippen molar-refractivity contribution in [3.63, 3.8) is 0 Å². The number of carbonyl (C=O) groups is 1. The second kappa shape index (κ2) is 8.31. The van der Waals surface area contributed by atoms with Crippen LogP contribution in [0.5, 0.6) is 11.5 Å². The maximum atomic E-state index is 12.7. The lowest BCUT2D eigenvalue weighted by Gasteiger charge is -2.41. The molecular formula is C21H26N2O4. The number of urea groups is 1. The van der Waals surface area contributed by atoms with Crippen molar-refractivity contribution in [2.24, 2.45) is 0 Å². The minimum atomic E-state index is -0.342. The fourth-order valence-electron chi connectivity index (χ4n) is 3.53. The Bertz CT molecular complexity index is 771. The first-order chi connectivity index (χ1) is 13.1. The predicted molar refractivity (Wildman–Crippen MR) is 105 cm³/mol. The molecule has 144 valence electrons. The number of piperidine rings is 1. The minimum Gasteiger partial charge on any atom is -0.497 e. The number of hydrogen-bond acceptors (Lipinski definition) is 4. The molecule has 0 atom stereocenters. The molecule has 0 saturated carbocycles. The van der Waals surface area contributed by atoms with Gasteiger partial charge in [0.15, 0.2) is 0 Å². The lowest BCUT2D eigenvalue weighted by atomic mass is 9.84. The van der Waals surface area contributed by atoms with Gasteiger partial charge in [0.25, 0.3) is 0 Å². The molecule has 2 aromatic rings. The van der Waals surface area contributed by atoms with Gasteiger partial charge in [0, 0.05) is 26.3 Å². The molecule has 1 N–H and O–H groups in total. The smallest absolute Gasteiger partial charge is 0.321 e. The first kappa shape index (κ1) is 19.0. The van der Waals surface area contributed by atoms with E-state index in [0.717, 1.165) is 18.4 Å². The molecule has 6 heteroatoms. The summed E-state index contributed by atoms with van der Waals surface area (Å²) in [4.78, 5) is 14.6. The summed E-state index contributed by atoms with van der Waals surface area (Å²) >= 11 is 0. The molecule has 0 unspecified atom stereocenters. The number of amides is 2. The Morgan fingerprint density at radius 3 is 2.30 bits per heavy atom. The van der Waals surface area contributed by atoms with E-state index in [1.54, 1.807) is 44.4 Å². The SMILES string of the molecule is COc1ccc(OC)c(NC(=O)N2CCC(OC)(c3ccccc3)CC2)c1. The van der Waals surface area contributed by atoms with E-state index in [2.05, 4.69) is 17.4 Å². The van der Waals surface area contributed by atoms with Gasteiger partial charge >= 0.3 is 6.03 Å². The monoisotopic (exact) mass is 370 g/mol. The summed E-state index contributed by atoms with van der Waals surface area (Å²) in [6.45, 7) is 1.22. The molecule has 0 radical (unpaired) electrons. The number of carbonyl (C=O) groups excluding carboxylic acids is 1. The van der Waals surface area contributed by atoms with Crippen LogP contribution < -0.4 is 14.8 Å². The van der Waals surface area contributed by atoms with Crippen molar-refractivity contribution in [2.45, 2.75) is 18.4 Å². The van der Waals surface area contributed by atoms with Crippen LogP contribution in [0.3, 0.4) is 0 Å². The number of benzene rings is 2. The number of likely N-dealkylation sites (tertiary alicyclic amines) is 1. The highest BCUT2D eigenvalue weighted by Gasteiger charge is 2.37. The number of anilines is 1. The van der Waals surface area contributed by atoms with Crippen LogP contribution in [0.4, 0.5) is 10.5 Å². The lowest BCUT2D eigenvalue weighted by molar-refractivity contribution is -0.0548. The van der Waals surface area contributed by atoms with Crippen LogP contribution in [-0.4, -0.2) is 45.3 Å². The first-order valence-electron chi connectivity index (χ1n) is 9.00. The van der Waals surface area contributed by atoms with Gasteiger partial charge in [-0.2, -0.15) is 0 Å². The van der Waals surface area contributed by atoms with Crippen molar-refractivity contribution in [2.75, 3.05) is 39.7 Å². The normalized spacial score (nSPS) is 15.9. The summed E-state index contributed by atoms with van der Waals surface area (Å²) < 4.78 is 16.5. The van der Waals surface area contributed by atoms with Crippen LogP contribution in [0.1, 0.15) is 18.4 Å².